The Bertz CT molecular complexity index is 978. The topological polar surface area (TPSA) is 68.3 Å². The van der Waals surface area contributed by atoms with E-state index in [0.717, 1.165) is 28.1 Å². The quantitative estimate of drug-likeness (QED) is 0.583. The summed E-state index contributed by atoms with van der Waals surface area (Å²) in [7, 11) is 0. The first-order chi connectivity index (χ1) is 14.0. The molecule has 0 saturated carbocycles. The number of thiazole rings is 1. The summed E-state index contributed by atoms with van der Waals surface area (Å²) in [4.78, 5) is 29.0. The minimum absolute atomic E-state index is 0.211. The van der Waals surface area contributed by atoms with Gasteiger partial charge in [-0.25, -0.2) is 9.78 Å². The van der Waals surface area contributed by atoms with E-state index in [2.05, 4.69) is 29.4 Å². The summed E-state index contributed by atoms with van der Waals surface area (Å²) in [5, 5.41) is 5.18. The van der Waals surface area contributed by atoms with Crippen LogP contribution in [0.25, 0.3) is 10.6 Å². The van der Waals surface area contributed by atoms with E-state index in [1.165, 1.54) is 16.9 Å². The fourth-order valence-electron chi connectivity index (χ4n) is 2.70. The molecule has 1 aromatic heterocycles. The zero-order valence-electron chi connectivity index (χ0n) is 16.8. The van der Waals surface area contributed by atoms with Crippen LogP contribution in [0.5, 0.6) is 0 Å². The monoisotopic (exact) mass is 408 g/mol. The Balaban J connectivity index is 1.55. The Hall–Kier alpha value is -2.99. The van der Waals surface area contributed by atoms with E-state index in [1.54, 1.807) is 12.3 Å². The first-order valence-electron chi connectivity index (χ1n) is 9.55. The molecular weight excluding hydrogens is 384 g/mol. The fraction of sp³-hybridized carbons (Fsp3) is 0.261. The van der Waals surface area contributed by atoms with Crippen molar-refractivity contribution < 1.29 is 14.3 Å². The van der Waals surface area contributed by atoms with Crippen molar-refractivity contribution in [2.24, 2.45) is 0 Å². The summed E-state index contributed by atoms with van der Waals surface area (Å²) in [5.41, 5.74) is 4.56. The Morgan fingerprint density at radius 2 is 1.72 bits per heavy atom. The van der Waals surface area contributed by atoms with Gasteiger partial charge in [-0.15, -0.1) is 11.3 Å². The minimum Gasteiger partial charge on any atom is -0.448 e. The third-order valence-corrected chi connectivity index (χ3v) is 5.45. The molecule has 150 valence electrons. The summed E-state index contributed by atoms with van der Waals surface area (Å²) in [6, 6.07) is 16.0. The largest absolute Gasteiger partial charge is 0.448 e. The van der Waals surface area contributed by atoms with Crippen molar-refractivity contribution in [3.63, 3.8) is 0 Å². The summed E-state index contributed by atoms with van der Waals surface area (Å²) < 4.78 is 5.28. The molecule has 3 rings (SSSR count). The first-order valence-corrected chi connectivity index (χ1v) is 10.4. The van der Waals surface area contributed by atoms with Crippen molar-refractivity contribution in [2.75, 3.05) is 0 Å². The molecule has 29 heavy (non-hydrogen) atoms. The highest BCUT2D eigenvalue weighted by molar-refractivity contribution is 7.13. The molecule has 0 radical (unpaired) electrons. The number of aryl methyl sites for hydroxylation is 2. The van der Waals surface area contributed by atoms with Crippen molar-refractivity contribution in [3.8, 4) is 10.6 Å². The predicted molar refractivity (Wildman–Crippen MR) is 115 cm³/mol. The van der Waals surface area contributed by atoms with Crippen molar-refractivity contribution in [1.29, 1.82) is 0 Å². The average molecular weight is 409 g/mol. The van der Waals surface area contributed by atoms with Gasteiger partial charge in [-0.2, -0.15) is 0 Å². The van der Waals surface area contributed by atoms with E-state index in [9.17, 15) is 9.59 Å². The predicted octanol–water partition coefficient (Wildman–Crippen LogP) is 4.54. The van der Waals surface area contributed by atoms with E-state index >= 15 is 0 Å². The normalized spacial score (nSPS) is 11.7. The van der Waals surface area contributed by atoms with Gasteiger partial charge in [0.1, 0.15) is 5.01 Å². The van der Waals surface area contributed by atoms with Gasteiger partial charge in [0.2, 0.25) is 0 Å². The number of carbonyl (C=O) groups is 2. The smallest absolute Gasteiger partial charge is 0.358 e. The molecule has 5 nitrogen and oxygen atoms in total. The molecule has 0 fully saturated rings. The minimum atomic E-state index is -0.901. The summed E-state index contributed by atoms with van der Waals surface area (Å²) >= 11 is 1.38. The molecule has 1 atom stereocenters. The molecule has 0 unspecified atom stereocenters. The van der Waals surface area contributed by atoms with Crippen molar-refractivity contribution >= 4 is 23.2 Å². The van der Waals surface area contributed by atoms with Crippen LogP contribution in [-0.2, 0) is 22.5 Å². The number of aromatic nitrogens is 1. The average Bonchev–Trinajstić information content (AvgIpc) is 3.23. The van der Waals surface area contributed by atoms with E-state index in [0.29, 0.717) is 6.54 Å². The molecule has 3 aromatic rings. The number of esters is 1. The van der Waals surface area contributed by atoms with Crippen LogP contribution in [0.4, 0.5) is 0 Å². The molecule has 0 bridgehead atoms. The number of amides is 1. The van der Waals surface area contributed by atoms with Gasteiger partial charge in [-0.1, -0.05) is 61.0 Å². The second-order valence-corrected chi connectivity index (χ2v) is 7.70. The Labute approximate surface area is 174 Å². The molecule has 0 spiro atoms. The van der Waals surface area contributed by atoms with Crippen molar-refractivity contribution in [1.82, 2.24) is 10.3 Å². The van der Waals surface area contributed by atoms with Crippen LogP contribution in [0.15, 0.2) is 53.9 Å². The van der Waals surface area contributed by atoms with Crippen LogP contribution < -0.4 is 5.32 Å². The molecule has 0 saturated heterocycles. The van der Waals surface area contributed by atoms with E-state index in [4.69, 9.17) is 4.74 Å². The van der Waals surface area contributed by atoms with Crippen LogP contribution in [0.3, 0.4) is 0 Å². The van der Waals surface area contributed by atoms with Crippen LogP contribution >= 0.6 is 11.3 Å². The van der Waals surface area contributed by atoms with Crippen LogP contribution in [-0.4, -0.2) is 23.0 Å². The van der Waals surface area contributed by atoms with Gasteiger partial charge in [-0.05, 0) is 31.4 Å². The van der Waals surface area contributed by atoms with Gasteiger partial charge in [0, 0.05) is 17.5 Å². The maximum Gasteiger partial charge on any atom is 0.358 e. The third kappa shape index (κ3) is 5.51. The summed E-state index contributed by atoms with van der Waals surface area (Å²) in [6.45, 7) is 6.05. The molecule has 0 aliphatic heterocycles. The Morgan fingerprint density at radius 1 is 1.07 bits per heavy atom. The standard InChI is InChI=1S/C23H24N2O3S/c1-4-17-9-11-19(12-10-17)22-25-20(14-29-22)23(27)28-16(3)21(26)24-13-18-7-5-15(2)6-8-18/h5-12,14,16H,4,13H2,1-3H3,(H,24,26)/t16-/m0/s1. The van der Waals surface area contributed by atoms with Crippen LogP contribution in [0.1, 0.15) is 41.0 Å². The zero-order chi connectivity index (χ0) is 20.8. The molecule has 1 amide bonds. The molecule has 0 aliphatic rings. The molecule has 0 aliphatic carbocycles. The SMILES string of the molecule is CCc1ccc(-c2nc(C(=O)O[C@@H](C)C(=O)NCc3ccc(C)cc3)cs2)cc1. The van der Waals surface area contributed by atoms with Gasteiger partial charge >= 0.3 is 5.97 Å². The van der Waals surface area contributed by atoms with Gasteiger partial charge in [0.25, 0.3) is 5.91 Å². The summed E-state index contributed by atoms with van der Waals surface area (Å²) in [6.07, 6.45) is 0.0708. The van der Waals surface area contributed by atoms with E-state index in [-0.39, 0.29) is 11.6 Å². The Morgan fingerprint density at radius 3 is 2.38 bits per heavy atom. The van der Waals surface area contributed by atoms with E-state index in [1.807, 2.05) is 43.3 Å². The lowest BCUT2D eigenvalue weighted by Crippen LogP contribution is -2.35. The van der Waals surface area contributed by atoms with Crippen LogP contribution in [0.2, 0.25) is 0 Å². The van der Waals surface area contributed by atoms with Crippen molar-refractivity contribution in [2.45, 2.75) is 39.8 Å². The fourth-order valence-corrected chi connectivity index (χ4v) is 3.49. The van der Waals surface area contributed by atoms with Gasteiger partial charge < -0.3 is 10.1 Å². The van der Waals surface area contributed by atoms with Crippen LogP contribution in [0, 0.1) is 6.92 Å². The molecular formula is C23H24N2O3S. The highest BCUT2D eigenvalue weighted by Gasteiger charge is 2.21. The number of nitrogens with one attached hydrogen (secondary N) is 1. The highest BCUT2D eigenvalue weighted by atomic mass is 32.1. The number of ether oxygens (including phenoxy) is 1. The summed E-state index contributed by atoms with van der Waals surface area (Å²) in [5.74, 6) is -0.944. The lowest BCUT2D eigenvalue weighted by atomic mass is 10.1. The second-order valence-electron chi connectivity index (χ2n) is 6.84. The maximum absolute atomic E-state index is 12.4. The number of carbonyl (C=O) groups excluding carboxylic acids is 2. The first kappa shape index (κ1) is 20.7. The lowest BCUT2D eigenvalue weighted by molar-refractivity contribution is -0.129. The number of nitrogens with zero attached hydrogens (tertiary/aromatic N) is 1. The number of benzene rings is 2. The van der Waals surface area contributed by atoms with Gasteiger partial charge in [-0.3, -0.25) is 4.79 Å². The molecule has 1 heterocycles. The molecule has 2 aromatic carbocycles. The highest BCUT2D eigenvalue weighted by Crippen LogP contribution is 2.24. The van der Waals surface area contributed by atoms with Gasteiger partial charge in [0.05, 0.1) is 0 Å². The number of hydrogen-bond acceptors (Lipinski definition) is 5. The molecule has 1 N–H and O–H groups in total. The number of hydrogen-bond donors (Lipinski definition) is 1. The second kappa shape index (κ2) is 9.47. The zero-order valence-corrected chi connectivity index (χ0v) is 17.6. The number of rotatable bonds is 7. The van der Waals surface area contributed by atoms with E-state index < -0.39 is 12.1 Å². The maximum atomic E-state index is 12.4. The Kier molecular flexibility index (Phi) is 6.77. The lowest BCUT2D eigenvalue weighted by Gasteiger charge is -2.13. The molecule has 6 heteroatoms. The third-order valence-electron chi connectivity index (χ3n) is 4.56. The van der Waals surface area contributed by atoms with Gasteiger partial charge in [0.15, 0.2) is 11.8 Å². The van der Waals surface area contributed by atoms with Crippen molar-refractivity contribution in [3.05, 3.63) is 76.3 Å².